The Morgan fingerprint density at radius 2 is 1.76 bits per heavy atom. The van der Waals surface area contributed by atoms with Gasteiger partial charge in [0.15, 0.2) is 0 Å². The Balaban J connectivity index is 1.90. The molecule has 1 N–H and O–H groups in total. The van der Waals surface area contributed by atoms with E-state index in [0.717, 1.165) is 10.9 Å². The monoisotopic (exact) mass is 426 g/mol. The van der Waals surface area contributed by atoms with Crippen LogP contribution in [0.4, 0.5) is 10.3 Å². The number of halogens is 3. The molecule has 0 spiro atoms. The number of carbonyl (C=O) groups excluding carboxylic acids is 1. The van der Waals surface area contributed by atoms with Gasteiger partial charge in [-0.1, -0.05) is 41.9 Å². The predicted molar refractivity (Wildman–Crippen MR) is 113 cm³/mol. The summed E-state index contributed by atoms with van der Waals surface area (Å²) < 4.78 is 13.7. The zero-order valence-corrected chi connectivity index (χ0v) is 16.4. The van der Waals surface area contributed by atoms with Gasteiger partial charge in [0.05, 0.1) is 16.9 Å². The number of hydrogen-bond donors (Lipinski definition) is 1. The molecule has 2 heterocycles. The lowest BCUT2D eigenvalue weighted by Gasteiger charge is -2.11. The number of benzene rings is 2. The minimum Gasteiger partial charge on any atom is -0.293 e. The van der Waals surface area contributed by atoms with E-state index in [4.69, 9.17) is 23.2 Å². The van der Waals surface area contributed by atoms with E-state index in [1.54, 1.807) is 18.2 Å². The molecule has 0 unspecified atom stereocenters. The highest BCUT2D eigenvalue weighted by atomic mass is 35.5. The lowest BCUT2D eigenvalue weighted by molar-refractivity contribution is -0.114. The number of para-hydroxylation sites is 1. The van der Waals surface area contributed by atoms with Gasteiger partial charge in [-0.3, -0.25) is 10.1 Å². The van der Waals surface area contributed by atoms with E-state index in [2.05, 4.69) is 20.3 Å². The van der Waals surface area contributed by atoms with E-state index in [9.17, 15) is 9.18 Å². The van der Waals surface area contributed by atoms with Crippen molar-refractivity contribution in [3.63, 3.8) is 0 Å². The predicted octanol–water partition coefficient (Wildman–Crippen LogP) is 5.33. The van der Waals surface area contributed by atoms with Gasteiger partial charge in [0.2, 0.25) is 11.9 Å². The molecule has 0 fully saturated rings. The molecule has 0 aliphatic heterocycles. The minimum absolute atomic E-state index is 0.0386. The molecule has 4 rings (SSSR count). The Morgan fingerprint density at radius 1 is 0.966 bits per heavy atom. The van der Waals surface area contributed by atoms with Crippen LogP contribution >= 0.6 is 23.2 Å². The van der Waals surface area contributed by atoms with E-state index >= 15 is 0 Å². The standard InChI is InChI=1S/C21H13Cl2FN4O/c22-11-19(29)28-21-26-17(12-5-3-6-14(24)8-12)10-18(27-21)15-9-13-4-1-2-7-16(13)25-20(15)23/h1-10H,11H2,(H,26,27,28,29). The van der Waals surface area contributed by atoms with E-state index in [1.807, 2.05) is 30.3 Å². The highest BCUT2D eigenvalue weighted by Crippen LogP contribution is 2.31. The molecule has 0 aliphatic carbocycles. The molecule has 144 valence electrons. The topological polar surface area (TPSA) is 67.8 Å². The van der Waals surface area contributed by atoms with Crippen molar-refractivity contribution >= 4 is 46.0 Å². The quantitative estimate of drug-likeness (QED) is 0.353. The average Bonchev–Trinajstić information content (AvgIpc) is 2.73. The first-order valence-corrected chi connectivity index (χ1v) is 9.51. The van der Waals surface area contributed by atoms with Crippen molar-refractivity contribution in [1.82, 2.24) is 15.0 Å². The summed E-state index contributed by atoms with van der Waals surface area (Å²) in [5, 5.41) is 3.66. The largest absolute Gasteiger partial charge is 0.293 e. The fourth-order valence-electron chi connectivity index (χ4n) is 2.87. The maximum Gasteiger partial charge on any atom is 0.241 e. The van der Waals surface area contributed by atoms with Crippen molar-refractivity contribution in [2.45, 2.75) is 0 Å². The molecule has 5 nitrogen and oxygen atoms in total. The second-order valence-electron chi connectivity index (χ2n) is 6.17. The highest BCUT2D eigenvalue weighted by Gasteiger charge is 2.14. The van der Waals surface area contributed by atoms with Crippen molar-refractivity contribution < 1.29 is 9.18 Å². The molecular formula is C21H13Cl2FN4O. The zero-order valence-electron chi connectivity index (χ0n) is 14.9. The first-order chi connectivity index (χ1) is 14.0. The normalized spacial score (nSPS) is 10.9. The number of alkyl halides is 1. The summed E-state index contributed by atoms with van der Waals surface area (Å²) in [5.74, 6) is -1.07. The van der Waals surface area contributed by atoms with Crippen LogP contribution in [0.5, 0.6) is 0 Å². The van der Waals surface area contributed by atoms with Gasteiger partial charge in [0.1, 0.15) is 16.9 Å². The SMILES string of the molecule is O=C(CCl)Nc1nc(-c2cccc(F)c2)cc(-c2cc3ccccc3nc2Cl)n1. The molecule has 4 aromatic rings. The van der Waals surface area contributed by atoms with Crippen LogP contribution in [-0.2, 0) is 4.79 Å². The molecule has 0 radical (unpaired) electrons. The molecule has 1 amide bonds. The minimum atomic E-state index is -0.461. The van der Waals surface area contributed by atoms with Gasteiger partial charge in [-0.25, -0.2) is 19.3 Å². The summed E-state index contributed by atoms with van der Waals surface area (Å²) in [6, 6.07) is 17.0. The van der Waals surface area contributed by atoms with E-state index in [0.29, 0.717) is 22.5 Å². The van der Waals surface area contributed by atoms with Crippen LogP contribution in [0.3, 0.4) is 0 Å². The van der Waals surface area contributed by atoms with Crippen LogP contribution < -0.4 is 5.32 Å². The summed E-state index contributed by atoms with van der Waals surface area (Å²) >= 11 is 12.0. The Hall–Kier alpha value is -3.09. The molecule has 8 heteroatoms. The van der Waals surface area contributed by atoms with Crippen LogP contribution in [0.2, 0.25) is 5.15 Å². The van der Waals surface area contributed by atoms with Crippen molar-refractivity contribution in [3.05, 3.63) is 71.6 Å². The number of fused-ring (bicyclic) bond motifs is 1. The second-order valence-corrected chi connectivity index (χ2v) is 6.80. The number of carbonyl (C=O) groups is 1. The molecule has 2 aromatic carbocycles. The van der Waals surface area contributed by atoms with Gasteiger partial charge in [-0.05, 0) is 30.3 Å². The lowest BCUT2D eigenvalue weighted by Crippen LogP contribution is -2.15. The Morgan fingerprint density at radius 3 is 2.55 bits per heavy atom. The highest BCUT2D eigenvalue weighted by molar-refractivity contribution is 6.32. The van der Waals surface area contributed by atoms with Gasteiger partial charge in [-0.15, -0.1) is 11.6 Å². The number of nitrogens with zero attached hydrogens (tertiary/aromatic N) is 3. The van der Waals surface area contributed by atoms with Gasteiger partial charge >= 0.3 is 0 Å². The third-order valence-corrected chi connectivity index (χ3v) is 4.70. The molecule has 0 aliphatic rings. The Kier molecular flexibility index (Phi) is 5.38. The number of rotatable bonds is 4. The number of hydrogen-bond acceptors (Lipinski definition) is 4. The number of amides is 1. The molecule has 0 bridgehead atoms. The van der Waals surface area contributed by atoms with Gasteiger partial charge in [0.25, 0.3) is 0 Å². The third kappa shape index (κ3) is 4.18. The first-order valence-electron chi connectivity index (χ1n) is 8.60. The smallest absolute Gasteiger partial charge is 0.241 e. The first kappa shape index (κ1) is 19.2. The molecule has 2 aromatic heterocycles. The maximum absolute atomic E-state index is 13.7. The summed E-state index contributed by atoms with van der Waals surface area (Å²) in [6.07, 6.45) is 0. The molecule has 29 heavy (non-hydrogen) atoms. The second kappa shape index (κ2) is 8.11. The molecular weight excluding hydrogens is 414 g/mol. The number of anilines is 1. The van der Waals surface area contributed by atoms with Crippen molar-refractivity contribution in [3.8, 4) is 22.5 Å². The van der Waals surface area contributed by atoms with Crippen molar-refractivity contribution in [2.24, 2.45) is 0 Å². The molecule has 0 saturated heterocycles. The number of pyridine rings is 1. The van der Waals surface area contributed by atoms with Crippen LogP contribution in [0, 0.1) is 5.82 Å². The zero-order chi connectivity index (χ0) is 20.4. The summed E-state index contributed by atoms with van der Waals surface area (Å²) in [4.78, 5) is 24.9. The Bertz CT molecular complexity index is 1230. The van der Waals surface area contributed by atoms with Gasteiger partial charge in [0, 0.05) is 16.5 Å². The van der Waals surface area contributed by atoms with E-state index < -0.39 is 11.7 Å². The fraction of sp³-hybridized carbons (Fsp3) is 0.0476. The van der Waals surface area contributed by atoms with Crippen LogP contribution in [-0.4, -0.2) is 26.7 Å². The van der Waals surface area contributed by atoms with E-state index in [1.165, 1.54) is 12.1 Å². The van der Waals surface area contributed by atoms with Crippen LogP contribution in [0.1, 0.15) is 0 Å². The summed E-state index contributed by atoms with van der Waals surface area (Å²) in [7, 11) is 0. The maximum atomic E-state index is 13.7. The fourth-order valence-corrected chi connectivity index (χ4v) is 3.18. The van der Waals surface area contributed by atoms with Crippen LogP contribution in [0.15, 0.2) is 60.7 Å². The molecule has 0 saturated carbocycles. The number of aromatic nitrogens is 3. The number of nitrogens with one attached hydrogen (secondary N) is 1. The summed E-state index contributed by atoms with van der Waals surface area (Å²) in [6.45, 7) is 0. The van der Waals surface area contributed by atoms with Crippen molar-refractivity contribution in [1.29, 1.82) is 0 Å². The third-order valence-electron chi connectivity index (χ3n) is 4.17. The average molecular weight is 427 g/mol. The summed E-state index contributed by atoms with van der Waals surface area (Å²) in [5.41, 5.74) is 2.69. The van der Waals surface area contributed by atoms with Crippen molar-refractivity contribution in [2.75, 3.05) is 11.2 Å². The van der Waals surface area contributed by atoms with E-state index in [-0.39, 0.29) is 17.0 Å². The molecule has 0 atom stereocenters. The Labute approximate surface area is 175 Å². The van der Waals surface area contributed by atoms with Crippen LogP contribution in [0.25, 0.3) is 33.4 Å². The van der Waals surface area contributed by atoms with Gasteiger partial charge in [-0.2, -0.15) is 0 Å². The lowest BCUT2D eigenvalue weighted by atomic mass is 10.1. The van der Waals surface area contributed by atoms with Gasteiger partial charge < -0.3 is 0 Å².